The predicted molar refractivity (Wildman–Crippen MR) is 106 cm³/mol. The van der Waals surface area contributed by atoms with Crippen LogP contribution >= 0.6 is 0 Å². The van der Waals surface area contributed by atoms with Gasteiger partial charge >= 0.3 is 11.6 Å². The maximum Gasteiger partial charge on any atom is 0.339 e. The van der Waals surface area contributed by atoms with E-state index in [1.165, 1.54) is 6.92 Å². The van der Waals surface area contributed by atoms with Crippen LogP contribution in [-0.4, -0.2) is 29.6 Å². The largest absolute Gasteiger partial charge is 0.481 e. The van der Waals surface area contributed by atoms with E-state index in [4.69, 9.17) is 14.3 Å². The Morgan fingerprint density at radius 3 is 2.68 bits per heavy atom. The van der Waals surface area contributed by atoms with Gasteiger partial charge in [-0.3, -0.25) is 9.59 Å². The number of carboxylic acids is 1. The van der Waals surface area contributed by atoms with Gasteiger partial charge in [0.05, 0.1) is 0 Å². The molecular formula is C21H27NO6. The van der Waals surface area contributed by atoms with Crippen LogP contribution in [0.1, 0.15) is 50.7 Å². The highest BCUT2D eigenvalue weighted by molar-refractivity contribution is 5.85. The van der Waals surface area contributed by atoms with E-state index >= 15 is 0 Å². The molecule has 0 saturated heterocycles. The molecule has 0 bridgehead atoms. The molecular weight excluding hydrogens is 362 g/mol. The number of carboxylic acid groups (broad SMARTS) is 1. The van der Waals surface area contributed by atoms with Gasteiger partial charge in [-0.1, -0.05) is 26.2 Å². The number of benzene rings is 1. The summed E-state index contributed by atoms with van der Waals surface area (Å²) < 4.78 is 11.0. The minimum atomic E-state index is -1.13. The second kappa shape index (κ2) is 9.92. The summed E-state index contributed by atoms with van der Waals surface area (Å²) in [5.74, 6) is -1.31. The summed E-state index contributed by atoms with van der Waals surface area (Å²) in [6.07, 6.45) is 4.14. The van der Waals surface area contributed by atoms with Gasteiger partial charge in [-0.25, -0.2) is 4.79 Å². The van der Waals surface area contributed by atoms with Gasteiger partial charge in [0.1, 0.15) is 17.9 Å². The molecule has 1 atom stereocenters. The number of carbonyl (C=O) groups is 2. The molecule has 152 valence electrons. The molecule has 0 aliphatic carbocycles. The molecule has 7 nitrogen and oxygen atoms in total. The normalized spacial score (nSPS) is 12.0. The molecule has 0 aliphatic rings. The standard InChI is InChI=1S/C21H27NO6/c1-4-5-6-7-8-17-13(2)16-10-9-15(11-18(16)28-21(17)26)27-14(3)20(25)22-12-19(23)24/h9-11,14H,4-8,12H2,1-3H3,(H,22,25)(H,23,24). The number of amides is 1. The van der Waals surface area contributed by atoms with Crippen LogP contribution in [0.2, 0.25) is 0 Å². The highest BCUT2D eigenvalue weighted by Gasteiger charge is 2.17. The summed E-state index contributed by atoms with van der Waals surface area (Å²) in [4.78, 5) is 34.7. The van der Waals surface area contributed by atoms with E-state index in [0.29, 0.717) is 23.3 Å². The lowest BCUT2D eigenvalue weighted by molar-refractivity contribution is -0.139. The molecule has 2 aromatic rings. The van der Waals surface area contributed by atoms with Crippen molar-refractivity contribution in [3.63, 3.8) is 0 Å². The Hall–Kier alpha value is -2.83. The number of ether oxygens (including phenoxy) is 1. The summed E-state index contributed by atoms with van der Waals surface area (Å²) in [7, 11) is 0. The Balaban J connectivity index is 2.16. The summed E-state index contributed by atoms with van der Waals surface area (Å²) in [6, 6.07) is 5.09. The number of hydrogen-bond donors (Lipinski definition) is 2. The van der Waals surface area contributed by atoms with E-state index in [1.54, 1.807) is 18.2 Å². The summed E-state index contributed by atoms with van der Waals surface area (Å²) in [6.45, 7) is 5.10. The van der Waals surface area contributed by atoms with Crippen LogP contribution in [0.3, 0.4) is 0 Å². The number of nitrogens with one attached hydrogen (secondary N) is 1. The molecule has 2 N–H and O–H groups in total. The van der Waals surface area contributed by atoms with Crippen molar-refractivity contribution in [3.05, 3.63) is 39.7 Å². The molecule has 1 amide bonds. The van der Waals surface area contributed by atoms with Crippen molar-refractivity contribution in [3.8, 4) is 5.75 Å². The van der Waals surface area contributed by atoms with Gasteiger partial charge in [0.2, 0.25) is 0 Å². The average Bonchev–Trinajstić information content (AvgIpc) is 2.65. The summed E-state index contributed by atoms with van der Waals surface area (Å²) >= 11 is 0. The Kier molecular flexibility index (Phi) is 7.61. The van der Waals surface area contributed by atoms with E-state index in [0.717, 1.165) is 36.6 Å². The maximum atomic E-state index is 12.4. The zero-order valence-corrected chi connectivity index (χ0v) is 16.5. The lowest BCUT2D eigenvalue weighted by Crippen LogP contribution is -2.39. The Bertz CT molecular complexity index is 902. The van der Waals surface area contributed by atoms with E-state index in [1.807, 2.05) is 6.92 Å². The molecule has 1 unspecified atom stereocenters. The second-order valence-electron chi connectivity index (χ2n) is 6.83. The van der Waals surface area contributed by atoms with Gasteiger partial charge in [-0.05, 0) is 44.4 Å². The molecule has 1 heterocycles. The van der Waals surface area contributed by atoms with Crippen LogP contribution in [-0.2, 0) is 16.0 Å². The summed E-state index contributed by atoms with van der Waals surface area (Å²) in [5.41, 5.74) is 1.67. The molecule has 1 aromatic heterocycles. The average molecular weight is 389 g/mol. The third-order valence-corrected chi connectivity index (χ3v) is 4.64. The third kappa shape index (κ3) is 5.58. The molecule has 0 saturated carbocycles. The first kappa shape index (κ1) is 21.5. The van der Waals surface area contributed by atoms with Crippen molar-refractivity contribution in [2.75, 3.05) is 6.54 Å². The zero-order valence-electron chi connectivity index (χ0n) is 16.5. The molecule has 28 heavy (non-hydrogen) atoms. The maximum absolute atomic E-state index is 12.4. The molecule has 0 spiro atoms. The van der Waals surface area contributed by atoms with Crippen molar-refractivity contribution < 1.29 is 23.8 Å². The van der Waals surface area contributed by atoms with E-state index in [9.17, 15) is 14.4 Å². The SMILES string of the molecule is CCCCCCc1c(C)c2ccc(OC(C)C(=O)NCC(=O)O)cc2oc1=O. The number of rotatable bonds is 10. The number of hydrogen-bond acceptors (Lipinski definition) is 5. The monoisotopic (exact) mass is 389 g/mol. The number of unbranched alkanes of at least 4 members (excludes halogenated alkanes) is 3. The number of fused-ring (bicyclic) bond motifs is 1. The summed E-state index contributed by atoms with van der Waals surface area (Å²) in [5, 5.41) is 11.7. The molecule has 1 aromatic carbocycles. The van der Waals surface area contributed by atoms with Gasteiger partial charge < -0.3 is 19.6 Å². The third-order valence-electron chi connectivity index (χ3n) is 4.64. The van der Waals surface area contributed by atoms with Gasteiger partial charge in [0.25, 0.3) is 5.91 Å². The van der Waals surface area contributed by atoms with Crippen molar-refractivity contribution in [1.82, 2.24) is 5.32 Å². The van der Waals surface area contributed by atoms with Crippen molar-refractivity contribution in [2.24, 2.45) is 0 Å². The van der Waals surface area contributed by atoms with Gasteiger partial charge in [-0.15, -0.1) is 0 Å². The van der Waals surface area contributed by atoms with Gasteiger partial charge in [-0.2, -0.15) is 0 Å². The number of carbonyl (C=O) groups excluding carboxylic acids is 1. The lowest BCUT2D eigenvalue weighted by atomic mass is 10.0. The first-order valence-corrected chi connectivity index (χ1v) is 9.56. The minimum absolute atomic E-state index is 0.342. The van der Waals surface area contributed by atoms with E-state index in [2.05, 4.69) is 12.2 Å². The van der Waals surface area contributed by atoms with Crippen LogP contribution in [0.25, 0.3) is 11.0 Å². The van der Waals surface area contributed by atoms with Crippen molar-refractivity contribution >= 4 is 22.8 Å². The fourth-order valence-corrected chi connectivity index (χ4v) is 3.03. The predicted octanol–water partition coefficient (Wildman–Crippen LogP) is 3.19. The topological polar surface area (TPSA) is 106 Å². The van der Waals surface area contributed by atoms with E-state index < -0.39 is 24.5 Å². The Morgan fingerprint density at radius 2 is 2.00 bits per heavy atom. The smallest absolute Gasteiger partial charge is 0.339 e. The van der Waals surface area contributed by atoms with Crippen LogP contribution in [0.15, 0.2) is 27.4 Å². The van der Waals surface area contributed by atoms with Gasteiger partial charge in [0.15, 0.2) is 6.10 Å². The fraction of sp³-hybridized carbons (Fsp3) is 0.476. The quantitative estimate of drug-likeness (QED) is 0.477. The van der Waals surface area contributed by atoms with Crippen molar-refractivity contribution in [2.45, 2.75) is 59.0 Å². The zero-order chi connectivity index (χ0) is 20.7. The molecule has 7 heteroatoms. The highest BCUT2D eigenvalue weighted by Crippen LogP contribution is 2.25. The van der Waals surface area contributed by atoms with E-state index in [-0.39, 0.29) is 5.63 Å². The molecule has 2 rings (SSSR count). The molecule has 0 aliphatic heterocycles. The lowest BCUT2D eigenvalue weighted by Gasteiger charge is -2.15. The van der Waals surface area contributed by atoms with Gasteiger partial charge in [0, 0.05) is 17.0 Å². The fourth-order valence-electron chi connectivity index (χ4n) is 3.03. The number of aryl methyl sites for hydroxylation is 1. The highest BCUT2D eigenvalue weighted by atomic mass is 16.5. The molecule has 0 fully saturated rings. The second-order valence-corrected chi connectivity index (χ2v) is 6.83. The van der Waals surface area contributed by atoms with Crippen molar-refractivity contribution in [1.29, 1.82) is 0 Å². The molecule has 0 radical (unpaired) electrons. The van der Waals surface area contributed by atoms with Crippen LogP contribution in [0, 0.1) is 6.92 Å². The number of aliphatic carboxylic acids is 1. The minimum Gasteiger partial charge on any atom is -0.481 e. The van der Waals surface area contributed by atoms with Crippen LogP contribution in [0.5, 0.6) is 5.75 Å². The Labute approximate surface area is 163 Å². The van der Waals surface area contributed by atoms with Crippen LogP contribution < -0.4 is 15.7 Å². The Morgan fingerprint density at radius 1 is 1.25 bits per heavy atom. The first-order valence-electron chi connectivity index (χ1n) is 9.56. The van der Waals surface area contributed by atoms with Crippen LogP contribution in [0.4, 0.5) is 0 Å². The first-order chi connectivity index (χ1) is 13.3.